The number of piperazine rings is 1. The van der Waals surface area contributed by atoms with Gasteiger partial charge in [-0.25, -0.2) is 9.78 Å². The number of likely N-dealkylation sites (N-methyl/N-ethyl adjacent to an activating group) is 1. The van der Waals surface area contributed by atoms with Crippen LogP contribution < -0.4 is 9.80 Å². The highest BCUT2D eigenvalue weighted by molar-refractivity contribution is 6.00. The Balaban J connectivity index is 1.57. The molecule has 0 amide bonds. The maximum atomic E-state index is 12.5. The Bertz CT molecular complexity index is 1120. The van der Waals surface area contributed by atoms with Crippen LogP contribution in [0.4, 0.5) is 11.4 Å². The summed E-state index contributed by atoms with van der Waals surface area (Å²) in [5.74, 6) is -0.351. The molecule has 5 rings (SSSR count). The van der Waals surface area contributed by atoms with Gasteiger partial charge in [0.05, 0.1) is 12.1 Å². The molecule has 2 aliphatic rings. The summed E-state index contributed by atoms with van der Waals surface area (Å²) in [6.45, 7) is 7.95. The van der Waals surface area contributed by atoms with Gasteiger partial charge < -0.3 is 19.4 Å². The van der Waals surface area contributed by atoms with Crippen molar-refractivity contribution in [3.8, 4) is 0 Å². The second-order valence-electron chi connectivity index (χ2n) is 8.69. The third-order valence-corrected chi connectivity index (χ3v) is 6.52. The van der Waals surface area contributed by atoms with E-state index in [1.165, 1.54) is 16.8 Å². The number of benzene rings is 2. The topological polar surface area (TPSA) is 48.9 Å². The number of hydrogen-bond donors (Lipinski definition) is 0. The number of carbonyl (C=O) groups is 1. The third-order valence-electron chi connectivity index (χ3n) is 6.52. The third kappa shape index (κ3) is 4.02. The summed E-state index contributed by atoms with van der Waals surface area (Å²) < 4.78 is 5.28. The normalized spacial score (nSPS) is 16.4. The Morgan fingerprint density at radius 1 is 1.00 bits per heavy atom. The number of ether oxygens (including phenoxy) is 1. The number of nitrogens with zero attached hydrogens (tertiary/aromatic N) is 4. The van der Waals surface area contributed by atoms with Gasteiger partial charge in [0.15, 0.2) is 5.69 Å². The second kappa shape index (κ2) is 8.79. The van der Waals surface area contributed by atoms with E-state index in [1.807, 2.05) is 13.0 Å². The van der Waals surface area contributed by atoms with Crippen LogP contribution in [0, 0.1) is 0 Å². The highest BCUT2D eigenvalue weighted by Crippen LogP contribution is 2.37. The number of esters is 1. The Hall–Kier alpha value is -3.12. The number of hydrogen-bond acceptors (Lipinski definition) is 6. The molecule has 1 saturated heterocycles. The molecule has 32 heavy (non-hydrogen) atoms. The highest BCUT2D eigenvalue weighted by atomic mass is 16.5. The summed E-state index contributed by atoms with van der Waals surface area (Å²) in [5, 5.41) is 1.11. The molecule has 0 saturated carbocycles. The van der Waals surface area contributed by atoms with Crippen molar-refractivity contribution in [3.05, 3.63) is 65.4 Å². The lowest BCUT2D eigenvalue weighted by molar-refractivity contribution is 0.0520. The Morgan fingerprint density at radius 2 is 1.78 bits per heavy atom. The second-order valence-corrected chi connectivity index (χ2v) is 8.69. The first kappa shape index (κ1) is 20.8. The first-order chi connectivity index (χ1) is 15.6. The van der Waals surface area contributed by atoms with Crippen LogP contribution >= 0.6 is 0 Å². The first-order valence-electron chi connectivity index (χ1n) is 11.5. The van der Waals surface area contributed by atoms with Crippen molar-refractivity contribution in [3.63, 3.8) is 0 Å². The predicted molar refractivity (Wildman–Crippen MR) is 129 cm³/mol. The van der Waals surface area contributed by atoms with Crippen molar-refractivity contribution in [1.29, 1.82) is 0 Å². The lowest BCUT2D eigenvalue weighted by Gasteiger charge is -2.35. The van der Waals surface area contributed by atoms with Crippen molar-refractivity contribution in [2.45, 2.75) is 19.9 Å². The SMILES string of the molecule is CCOC(=O)c1cc(N2CCN(C)CC2)c2cc3c(cc2n1)CCN3Cc1ccccc1. The van der Waals surface area contributed by atoms with E-state index < -0.39 is 0 Å². The molecular weight excluding hydrogens is 400 g/mol. The molecule has 0 bridgehead atoms. The van der Waals surface area contributed by atoms with Crippen LogP contribution in [-0.4, -0.2) is 62.2 Å². The van der Waals surface area contributed by atoms with Gasteiger partial charge >= 0.3 is 5.97 Å². The van der Waals surface area contributed by atoms with Crippen LogP contribution in [0.5, 0.6) is 0 Å². The maximum Gasteiger partial charge on any atom is 0.357 e. The predicted octanol–water partition coefficient (Wildman–Crippen LogP) is 3.73. The van der Waals surface area contributed by atoms with E-state index in [2.05, 4.69) is 64.2 Å². The van der Waals surface area contributed by atoms with Crippen LogP contribution in [0.2, 0.25) is 0 Å². The molecule has 3 aromatic rings. The lowest BCUT2D eigenvalue weighted by atomic mass is 10.0. The lowest BCUT2D eigenvalue weighted by Crippen LogP contribution is -2.44. The zero-order valence-electron chi connectivity index (χ0n) is 18.9. The molecule has 1 fully saturated rings. The average Bonchev–Trinajstić information content (AvgIpc) is 3.20. The minimum Gasteiger partial charge on any atom is -0.461 e. The zero-order valence-corrected chi connectivity index (χ0v) is 18.9. The molecule has 2 aromatic carbocycles. The molecule has 6 heteroatoms. The van der Waals surface area contributed by atoms with Crippen LogP contribution in [-0.2, 0) is 17.7 Å². The van der Waals surface area contributed by atoms with Gasteiger partial charge in [-0.05, 0) is 49.7 Å². The molecule has 1 aromatic heterocycles. The average molecular weight is 431 g/mol. The van der Waals surface area contributed by atoms with Gasteiger partial charge in [0, 0.05) is 56.0 Å². The summed E-state index contributed by atoms with van der Waals surface area (Å²) in [6, 6.07) is 17.0. The highest BCUT2D eigenvalue weighted by Gasteiger charge is 2.25. The monoisotopic (exact) mass is 430 g/mol. The number of anilines is 2. The number of carbonyl (C=O) groups excluding carboxylic acids is 1. The molecule has 3 heterocycles. The summed E-state index contributed by atoms with van der Waals surface area (Å²) in [4.78, 5) is 24.4. The van der Waals surface area contributed by atoms with Gasteiger partial charge in [-0.3, -0.25) is 0 Å². The van der Waals surface area contributed by atoms with Crippen LogP contribution in [0.15, 0.2) is 48.5 Å². The van der Waals surface area contributed by atoms with E-state index in [9.17, 15) is 4.79 Å². The van der Waals surface area contributed by atoms with Gasteiger partial charge in [-0.15, -0.1) is 0 Å². The van der Waals surface area contributed by atoms with Crippen molar-refractivity contribution >= 4 is 28.2 Å². The molecule has 0 unspecified atom stereocenters. The molecule has 166 valence electrons. The maximum absolute atomic E-state index is 12.5. The number of rotatable bonds is 5. The van der Waals surface area contributed by atoms with Gasteiger partial charge in [-0.2, -0.15) is 0 Å². The standard InChI is InChI=1S/C26H30N4O2/c1-3-32-26(31)23-17-25(29-13-11-28(2)12-14-29)21-16-24-20(15-22(21)27-23)9-10-30(24)18-19-7-5-4-6-8-19/h4-8,15-17H,3,9-14,18H2,1-2H3. The Kier molecular flexibility index (Phi) is 5.70. The summed E-state index contributed by atoms with van der Waals surface area (Å²) in [6.07, 6.45) is 0.993. The number of pyridine rings is 1. The molecule has 0 atom stereocenters. The van der Waals surface area contributed by atoms with Crippen LogP contribution in [0.25, 0.3) is 10.9 Å². The number of aromatic nitrogens is 1. The van der Waals surface area contributed by atoms with Gasteiger partial charge in [-0.1, -0.05) is 30.3 Å². The fraction of sp³-hybridized carbons (Fsp3) is 0.385. The quantitative estimate of drug-likeness (QED) is 0.575. The molecule has 0 aliphatic carbocycles. The van der Waals surface area contributed by atoms with Crippen molar-refractivity contribution in [2.24, 2.45) is 0 Å². The van der Waals surface area contributed by atoms with Gasteiger partial charge in [0.2, 0.25) is 0 Å². The Morgan fingerprint density at radius 3 is 2.53 bits per heavy atom. The fourth-order valence-electron chi connectivity index (χ4n) is 4.74. The summed E-state index contributed by atoms with van der Waals surface area (Å²) in [5.41, 5.74) is 6.25. The van der Waals surface area contributed by atoms with Crippen LogP contribution in [0.3, 0.4) is 0 Å². The largest absolute Gasteiger partial charge is 0.461 e. The number of fused-ring (bicyclic) bond motifs is 2. The zero-order chi connectivity index (χ0) is 22.1. The fourth-order valence-corrected chi connectivity index (χ4v) is 4.74. The smallest absolute Gasteiger partial charge is 0.357 e. The van der Waals surface area contributed by atoms with Gasteiger partial charge in [0.1, 0.15) is 0 Å². The van der Waals surface area contributed by atoms with E-state index in [0.29, 0.717) is 12.3 Å². The van der Waals surface area contributed by atoms with E-state index >= 15 is 0 Å². The summed E-state index contributed by atoms with van der Waals surface area (Å²) >= 11 is 0. The molecule has 0 N–H and O–H groups in total. The molecule has 0 radical (unpaired) electrons. The Labute approximate surface area is 189 Å². The van der Waals surface area contributed by atoms with E-state index in [0.717, 1.165) is 62.3 Å². The van der Waals surface area contributed by atoms with Crippen LogP contribution in [0.1, 0.15) is 28.5 Å². The summed E-state index contributed by atoms with van der Waals surface area (Å²) in [7, 11) is 2.15. The first-order valence-corrected chi connectivity index (χ1v) is 11.5. The molecule has 0 spiro atoms. The minimum atomic E-state index is -0.351. The van der Waals surface area contributed by atoms with Crippen molar-refractivity contribution in [2.75, 3.05) is 56.2 Å². The van der Waals surface area contributed by atoms with E-state index in [-0.39, 0.29) is 5.97 Å². The molecule has 6 nitrogen and oxygen atoms in total. The molecule has 2 aliphatic heterocycles. The minimum absolute atomic E-state index is 0.348. The van der Waals surface area contributed by atoms with Crippen molar-refractivity contribution < 1.29 is 9.53 Å². The molecular formula is C26H30N4O2. The van der Waals surface area contributed by atoms with Crippen molar-refractivity contribution in [1.82, 2.24) is 9.88 Å². The van der Waals surface area contributed by atoms with E-state index in [1.54, 1.807) is 0 Å². The van der Waals surface area contributed by atoms with E-state index in [4.69, 9.17) is 9.72 Å². The van der Waals surface area contributed by atoms with Gasteiger partial charge in [0.25, 0.3) is 0 Å².